The molecule has 166 valence electrons. The lowest BCUT2D eigenvalue weighted by Crippen LogP contribution is -2.25. The number of carbonyl (C=O) groups excluding carboxylic acids is 1. The molecule has 5 N–H and O–H groups in total. The number of fused-ring (bicyclic) bond motifs is 2. The number of anilines is 3. The number of aryl methyl sites for hydroxylation is 1. The van der Waals surface area contributed by atoms with Crippen LogP contribution in [0.5, 0.6) is 6.01 Å². The average molecular weight is 435 g/mol. The summed E-state index contributed by atoms with van der Waals surface area (Å²) in [6.45, 7) is 4.41. The van der Waals surface area contributed by atoms with Gasteiger partial charge in [0, 0.05) is 49.3 Å². The normalized spacial score (nSPS) is 12.0. The largest absolute Gasteiger partial charge is 0.467 e. The Kier molecular flexibility index (Phi) is 5.78. The van der Waals surface area contributed by atoms with E-state index in [1.807, 2.05) is 49.8 Å². The van der Waals surface area contributed by atoms with Crippen molar-refractivity contribution < 1.29 is 9.53 Å². The third kappa shape index (κ3) is 4.12. The fourth-order valence-electron chi connectivity index (χ4n) is 3.48. The maximum absolute atomic E-state index is 13.2. The highest BCUT2D eigenvalue weighted by molar-refractivity contribution is 6.13. The maximum Gasteiger partial charge on any atom is 0.316 e. The summed E-state index contributed by atoms with van der Waals surface area (Å²) in [4.78, 5) is 26.4. The van der Waals surface area contributed by atoms with E-state index >= 15 is 0 Å². The molecule has 10 nitrogen and oxygen atoms in total. The molecular formula is C22H26N8O2. The highest BCUT2D eigenvalue weighted by Crippen LogP contribution is 2.28. The van der Waals surface area contributed by atoms with Crippen LogP contribution in [0.2, 0.25) is 0 Å². The molecule has 1 aromatic carbocycles. The first-order valence-corrected chi connectivity index (χ1v) is 10.2. The van der Waals surface area contributed by atoms with Crippen LogP contribution < -0.4 is 26.4 Å². The molecule has 0 aliphatic carbocycles. The van der Waals surface area contributed by atoms with Crippen molar-refractivity contribution in [1.29, 1.82) is 0 Å². The minimum atomic E-state index is -0.298. The Labute approximate surface area is 185 Å². The zero-order chi connectivity index (χ0) is 22.8. The van der Waals surface area contributed by atoms with Crippen LogP contribution in [0, 0.1) is 6.92 Å². The molecular weight excluding hydrogens is 408 g/mol. The Hall–Kier alpha value is -3.92. The zero-order valence-electron chi connectivity index (χ0n) is 18.4. The summed E-state index contributed by atoms with van der Waals surface area (Å²) in [7, 11) is 3.30. The maximum atomic E-state index is 13.2. The fourth-order valence-corrected chi connectivity index (χ4v) is 3.48. The van der Waals surface area contributed by atoms with Gasteiger partial charge in [0.1, 0.15) is 0 Å². The van der Waals surface area contributed by atoms with E-state index in [1.54, 1.807) is 12.3 Å². The smallest absolute Gasteiger partial charge is 0.316 e. The topological polar surface area (TPSA) is 131 Å². The van der Waals surface area contributed by atoms with Gasteiger partial charge in [-0.15, -0.1) is 0 Å². The number of ether oxygens (including phenoxy) is 1. The van der Waals surface area contributed by atoms with E-state index in [0.29, 0.717) is 28.7 Å². The summed E-state index contributed by atoms with van der Waals surface area (Å²) in [5, 5.41) is 10.1. The van der Waals surface area contributed by atoms with Crippen LogP contribution in [0.25, 0.3) is 16.6 Å². The Morgan fingerprint density at radius 3 is 2.78 bits per heavy atom. The van der Waals surface area contributed by atoms with Crippen LogP contribution in [-0.4, -0.2) is 52.0 Å². The number of pyridine rings is 1. The second-order valence-corrected chi connectivity index (χ2v) is 7.60. The average Bonchev–Trinajstić information content (AvgIpc) is 3.16. The zero-order valence-corrected chi connectivity index (χ0v) is 18.4. The van der Waals surface area contributed by atoms with Gasteiger partial charge in [0.05, 0.1) is 35.3 Å². The van der Waals surface area contributed by atoms with Gasteiger partial charge in [0.25, 0.3) is 5.91 Å². The van der Waals surface area contributed by atoms with Gasteiger partial charge in [-0.25, -0.2) is 9.97 Å². The molecule has 4 aromatic rings. The molecule has 3 aromatic heterocycles. The van der Waals surface area contributed by atoms with Gasteiger partial charge >= 0.3 is 6.01 Å². The predicted molar refractivity (Wildman–Crippen MR) is 126 cm³/mol. The number of rotatable bonds is 7. The Bertz CT molecular complexity index is 1300. The standard InChI is InChI=1S/C22H26N8O2/c1-12(23)8-25-17-6-5-15(19-16(17)9-26-22(29-19)32-4)21(31)28-14-7-18(24-3)20-27-13(2)10-30(20)11-14/h5-7,9-12,24-25H,8,23H2,1-4H3,(H,28,31)/t12-/m1/s1. The molecule has 0 saturated heterocycles. The van der Waals surface area contributed by atoms with Crippen LogP contribution in [-0.2, 0) is 0 Å². The minimum Gasteiger partial charge on any atom is -0.467 e. The quantitative estimate of drug-likeness (QED) is 0.349. The summed E-state index contributed by atoms with van der Waals surface area (Å²) < 4.78 is 7.06. The number of nitrogens with one attached hydrogen (secondary N) is 3. The van der Waals surface area contributed by atoms with E-state index in [-0.39, 0.29) is 18.0 Å². The number of imidazole rings is 1. The van der Waals surface area contributed by atoms with Crippen molar-refractivity contribution in [3.63, 3.8) is 0 Å². The number of nitrogens with zero attached hydrogens (tertiary/aromatic N) is 4. The number of methoxy groups -OCH3 is 1. The molecule has 0 radical (unpaired) electrons. The first kappa shape index (κ1) is 21.3. The monoisotopic (exact) mass is 434 g/mol. The highest BCUT2D eigenvalue weighted by Gasteiger charge is 2.17. The van der Waals surface area contributed by atoms with Crippen molar-refractivity contribution in [2.24, 2.45) is 5.73 Å². The summed E-state index contributed by atoms with van der Waals surface area (Å²) in [5.74, 6) is -0.298. The van der Waals surface area contributed by atoms with E-state index in [4.69, 9.17) is 10.5 Å². The molecule has 10 heteroatoms. The van der Waals surface area contributed by atoms with Crippen LogP contribution in [0.15, 0.2) is 36.8 Å². The lowest BCUT2D eigenvalue weighted by molar-refractivity contribution is 0.102. The van der Waals surface area contributed by atoms with Crippen LogP contribution in [0.1, 0.15) is 23.0 Å². The summed E-state index contributed by atoms with van der Waals surface area (Å²) in [6, 6.07) is 5.55. The molecule has 3 heterocycles. The molecule has 32 heavy (non-hydrogen) atoms. The Morgan fingerprint density at radius 1 is 1.25 bits per heavy atom. The van der Waals surface area contributed by atoms with Crippen molar-refractivity contribution >= 4 is 39.5 Å². The number of hydrogen-bond donors (Lipinski definition) is 4. The SMILES string of the molecule is CNc1cc(NC(=O)c2ccc(NC[C@@H](C)N)c3cnc(OC)nc23)cn2cc(C)nc12. The highest BCUT2D eigenvalue weighted by atomic mass is 16.5. The molecule has 0 spiro atoms. The van der Waals surface area contributed by atoms with E-state index in [1.165, 1.54) is 7.11 Å². The molecule has 0 fully saturated rings. The lowest BCUT2D eigenvalue weighted by Gasteiger charge is -2.14. The van der Waals surface area contributed by atoms with Gasteiger partial charge < -0.3 is 30.8 Å². The van der Waals surface area contributed by atoms with Crippen LogP contribution in [0.3, 0.4) is 0 Å². The number of hydrogen-bond acceptors (Lipinski definition) is 8. The number of carbonyl (C=O) groups is 1. The summed E-state index contributed by atoms with van der Waals surface area (Å²) in [6.07, 6.45) is 5.36. The lowest BCUT2D eigenvalue weighted by atomic mass is 10.1. The molecule has 1 amide bonds. The van der Waals surface area contributed by atoms with Gasteiger partial charge in [-0.3, -0.25) is 4.79 Å². The van der Waals surface area contributed by atoms with Crippen molar-refractivity contribution in [2.45, 2.75) is 19.9 Å². The number of benzene rings is 1. The second-order valence-electron chi connectivity index (χ2n) is 7.60. The van der Waals surface area contributed by atoms with E-state index in [2.05, 4.69) is 30.9 Å². The molecule has 0 saturated carbocycles. The van der Waals surface area contributed by atoms with E-state index < -0.39 is 0 Å². The van der Waals surface area contributed by atoms with Gasteiger partial charge in [-0.2, -0.15) is 4.98 Å². The second kappa shape index (κ2) is 8.67. The van der Waals surface area contributed by atoms with Crippen LogP contribution >= 0.6 is 0 Å². The third-order valence-electron chi connectivity index (χ3n) is 4.97. The Balaban J connectivity index is 1.73. The minimum absolute atomic E-state index is 0.0321. The first-order valence-electron chi connectivity index (χ1n) is 10.2. The number of aromatic nitrogens is 4. The van der Waals surface area contributed by atoms with Crippen molar-refractivity contribution in [3.8, 4) is 6.01 Å². The van der Waals surface area contributed by atoms with Gasteiger partial charge in [-0.05, 0) is 32.0 Å². The first-order chi connectivity index (χ1) is 15.4. The van der Waals surface area contributed by atoms with E-state index in [9.17, 15) is 4.79 Å². The third-order valence-corrected chi connectivity index (χ3v) is 4.97. The molecule has 1 atom stereocenters. The molecule has 0 aliphatic rings. The Morgan fingerprint density at radius 2 is 2.06 bits per heavy atom. The molecule has 0 aliphatic heterocycles. The van der Waals surface area contributed by atoms with Crippen molar-refractivity contribution in [2.75, 3.05) is 36.7 Å². The molecule has 4 rings (SSSR count). The number of nitrogens with two attached hydrogens (primary N) is 1. The van der Waals surface area contributed by atoms with Gasteiger partial charge in [-0.1, -0.05) is 0 Å². The van der Waals surface area contributed by atoms with Crippen LogP contribution in [0.4, 0.5) is 17.1 Å². The van der Waals surface area contributed by atoms with Gasteiger partial charge in [0.2, 0.25) is 0 Å². The molecule has 0 unspecified atom stereocenters. The fraction of sp³-hybridized carbons (Fsp3) is 0.273. The summed E-state index contributed by atoms with van der Waals surface area (Å²) in [5.41, 5.74) is 10.7. The number of amides is 1. The van der Waals surface area contributed by atoms with Crippen molar-refractivity contribution in [3.05, 3.63) is 48.0 Å². The predicted octanol–water partition coefficient (Wildman–Crippen LogP) is 2.65. The summed E-state index contributed by atoms with van der Waals surface area (Å²) >= 11 is 0. The van der Waals surface area contributed by atoms with Gasteiger partial charge in [0.15, 0.2) is 5.65 Å². The molecule has 0 bridgehead atoms. The van der Waals surface area contributed by atoms with Crippen molar-refractivity contribution in [1.82, 2.24) is 19.4 Å². The van der Waals surface area contributed by atoms with E-state index in [0.717, 1.165) is 22.7 Å².